The standard InChI is InChI=1S/C27H32N4O/c1-21(2)30-26(32)27(13-5-17-31(20-27)19-25-6-3-4-14-29-25)18-22-7-9-23(10-8-22)24-11-15-28-16-12-24/h3-4,6-12,14-16,21H,5,13,17-20H2,1-2H3,(H,30,32)/t27-/m0/s1. The Bertz CT molecular complexity index is 1000. The summed E-state index contributed by atoms with van der Waals surface area (Å²) in [5.74, 6) is 0.163. The van der Waals surface area contributed by atoms with Gasteiger partial charge in [-0.15, -0.1) is 0 Å². The first-order chi connectivity index (χ1) is 15.5. The van der Waals surface area contributed by atoms with Gasteiger partial charge in [0.2, 0.25) is 5.91 Å². The van der Waals surface area contributed by atoms with E-state index in [1.54, 1.807) is 0 Å². The van der Waals surface area contributed by atoms with Crippen molar-refractivity contribution in [3.8, 4) is 11.1 Å². The number of aromatic nitrogens is 2. The maximum absolute atomic E-state index is 13.5. The molecule has 3 aromatic rings. The van der Waals surface area contributed by atoms with E-state index in [9.17, 15) is 4.79 Å². The fraction of sp³-hybridized carbons (Fsp3) is 0.370. The van der Waals surface area contributed by atoms with Gasteiger partial charge in [0.15, 0.2) is 0 Å². The molecule has 3 heterocycles. The van der Waals surface area contributed by atoms with Gasteiger partial charge in [-0.2, -0.15) is 0 Å². The topological polar surface area (TPSA) is 58.1 Å². The molecule has 166 valence electrons. The molecule has 0 unspecified atom stereocenters. The van der Waals surface area contributed by atoms with Crippen LogP contribution in [0, 0.1) is 5.41 Å². The SMILES string of the molecule is CC(C)NC(=O)[C@]1(Cc2ccc(-c3ccncc3)cc2)CCCN(Cc2ccccn2)C1. The molecule has 5 heteroatoms. The van der Waals surface area contributed by atoms with E-state index in [0.29, 0.717) is 0 Å². The second kappa shape index (κ2) is 10.0. The van der Waals surface area contributed by atoms with Crippen LogP contribution in [-0.2, 0) is 17.8 Å². The van der Waals surface area contributed by atoms with Crippen molar-refractivity contribution in [2.75, 3.05) is 13.1 Å². The zero-order valence-corrected chi connectivity index (χ0v) is 19.0. The van der Waals surface area contributed by atoms with Crippen LogP contribution in [0.3, 0.4) is 0 Å². The first-order valence-electron chi connectivity index (χ1n) is 11.5. The lowest BCUT2D eigenvalue weighted by Crippen LogP contribution is -2.54. The largest absolute Gasteiger partial charge is 0.353 e. The van der Waals surface area contributed by atoms with Crippen LogP contribution in [0.15, 0.2) is 73.2 Å². The summed E-state index contributed by atoms with van der Waals surface area (Å²) in [5, 5.41) is 3.21. The highest BCUT2D eigenvalue weighted by Crippen LogP contribution is 2.35. The fourth-order valence-electron chi connectivity index (χ4n) is 4.66. The van der Waals surface area contributed by atoms with E-state index in [-0.39, 0.29) is 11.9 Å². The molecule has 0 saturated carbocycles. The van der Waals surface area contributed by atoms with Crippen molar-refractivity contribution in [1.82, 2.24) is 20.2 Å². The third-order valence-electron chi connectivity index (χ3n) is 6.18. The van der Waals surface area contributed by atoms with Gasteiger partial charge in [-0.1, -0.05) is 30.3 Å². The molecule has 1 aliphatic rings. The molecule has 5 nitrogen and oxygen atoms in total. The highest BCUT2D eigenvalue weighted by Gasteiger charge is 2.42. The number of amides is 1. The summed E-state index contributed by atoms with van der Waals surface area (Å²) in [5.41, 5.74) is 4.13. The number of hydrogen-bond donors (Lipinski definition) is 1. The first kappa shape index (κ1) is 22.2. The maximum atomic E-state index is 13.5. The number of pyridine rings is 2. The minimum absolute atomic E-state index is 0.125. The lowest BCUT2D eigenvalue weighted by atomic mass is 9.74. The minimum Gasteiger partial charge on any atom is -0.353 e. The van der Waals surface area contributed by atoms with Gasteiger partial charge in [0, 0.05) is 37.7 Å². The molecule has 0 bridgehead atoms. The Labute approximate surface area is 190 Å². The molecule has 1 fully saturated rings. The maximum Gasteiger partial charge on any atom is 0.228 e. The Balaban J connectivity index is 1.55. The molecule has 32 heavy (non-hydrogen) atoms. The summed E-state index contributed by atoms with van der Waals surface area (Å²) in [6.07, 6.45) is 8.10. The quantitative estimate of drug-likeness (QED) is 0.602. The molecular formula is C27H32N4O. The van der Waals surface area contributed by atoms with E-state index >= 15 is 0 Å². The molecule has 0 spiro atoms. The molecule has 0 radical (unpaired) electrons. The van der Waals surface area contributed by atoms with E-state index in [1.165, 1.54) is 5.56 Å². The Morgan fingerprint density at radius 1 is 1.03 bits per heavy atom. The molecule has 2 aromatic heterocycles. The van der Waals surface area contributed by atoms with Crippen molar-refractivity contribution >= 4 is 5.91 Å². The number of nitrogens with zero attached hydrogens (tertiary/aromatic N) is 3. The fourth-order valence-corrected chi connectivity index (χ4v) is 4.66. The van der Waals surface area contributed by atoms with Crippen LogP contribution < -0.4 is 5.32 Å². The Morgan fingerprint density at radius 3 is 2.47 bits per heavy atom. The smallest absolute Gasteiger partial charge is 0.228 e. The first-order valence-corrected chi connectivity index (χ1v) is 11.5. The number of carbonyl (C=O) groups is 1. The number of carbonyl (C=O) groups excluding carboxylic acids is 1. The van der Waals surface area contributed by atoms with E-state index in [4.69, 9.17) is 0 Å². The average Bonchev–Trinajstić information content (AvgIpc) is 2.81. The summed E-state index contributed by atoms with van der Waals surface area (Å²) in [6.45, 7) is 6.58. The van der Waals surface area contributed by atoms with E-state index in [2.05, 4.69) is 50.5 Å². The van der Waals surface area contributed by atoms with Crippen molar-refractivity contribution in [3.05, 3.63) is 84.4 Å². The number of piperidine rings is 1. The van der Waals surface area contributed by atoms with Crippen LogP contribution >= 0.6 is 0 Å². The van der Waals surface area contributed by atoms with Crippen LogP contribution in [0.25, 0.3) is 11.1 Å². The zero-order chi connectivity index (χ0) is 22.4. The summed E-state index contributed by atoms with van der Waals surface area (Å²) in [6, 6.07) is 18.8. The van der Waals surface area contributed by atoms with Gasteiger partial charge in [0.05, 0.1) is 11.1 Å². The molecule has 0 aliphatic carbocycles. The summed E-state index contributed by atoms with van der Waals surface area (Å²) >= 11 is 0. The zero-order valence-electron chi connectivity index (χ0n) is 19.0. The van der Waals surface area contributed by atoms with Crippen molar-refractivity contribution in [3.63, 3.8) is 0 Å². The number of rotatable bonds is 7. The molecule has 1 N–H and O–H groups in total. The Morgan fingerprint density at radius 2 is 1.78 bits per heavy atom. The number of likely N-dealkylation sites (tertiary alicyclic amines) is 1. The van der Waals surface area contributed by atoms with E-state index in [1.807, 2.05) is 56.7 Å². The summed E-state index contributed by atoms with van der Waals surface area (Å²) < 4.78 is 0. The lowest BCUT2D eigenvalue weighted by Gasteiger charge is -2.42. The summed E-state index contributed by atoms with van der Waals surface area (Å²) in [4.78, 5) is 24.4. The number of benzene rings is 1. The number of nitrogens with one attached hydrogen (secondary N) is 1. The third-order valence-corrected chi connectivity index (χ3v) is 6.18. The van der Waals surface area contributed by atoms with Crippen molar-refractivity contribution in [1.29, 1.82) is 0 Å². The molecule has 1 saturated heterocycles. The monoisotopic (exact) mass is 428 g/mol. The second-order valence-corrected chi connectivity index (χ2v) is 9.15. The van der Waals surface area contributed by atoms with Crippen LogP contribution in [-0.4, -0.2) is 39.9 Å². The van der Waals surface area contributed by atoms with Crippen LogP contribution in [0.4, 0.5) is 0 Å². The van der Waals surface area contributed by atoms with Crippen molar-refractivity contribution in [2.24, 2.45) is 5.41 Å². The number of hydrogen-bond acceptors (Lipinski definition) is 4. The van der Waals surface area contributed by atoms with Crippen molar-refractivity contribution in [2.45, 2.75) is 45.7 Å². The van der Waals surface area contributed by atoms with Gasteiger partial charge in [0.1, 0.15) is 0 Å². The van der Waals surface area contributed by atoms with Gasteiger partial charge in [-0.25, -0.2) is 0 Å². The summed E-state index contributed by atoms with van der Waals surface area (Å²) in [7, 11) is 0. The average molecular weight is 429 g/mol. The van der Waals surface area contributed by atoms with Gasteiger partial charge in [0.25, 0.3) is 0 Å². The lowest BCUT2D eigenvalue weighted by molar-refractivity contribution is -0.135. The highest BCUT2D eigenvalue weighted by atomic mass is 16.2. The molecule has 1 aromatic carbocycles. The van der Waals surface area contributed by atoms with E-state index < -0.39 is 5.41 Å². The van der Waals surface area contributed by atoms with Gasteiger partial charge in [-0.3, -0.25) is 19.7 Å². The van der Waals surface area contributed by atoms with Gasteiger partial charge < -0.3 is 5.32 Å². The normalized spacial score (nSPS) is 19.1. The van der Waals surface area contributed by atoms with Crippen LogP contribution in [0.2, 0.25) is 0 Å². The predicted molar refractivity (Wildman–Crippen MR) is 128 cm³/mol. The third kappa shape index (κ3) is 5.40. The van der Waals surface area contributed by atoms with Crippen LogP contribution in [0.1, 0.15) is 37.9 Å². The van der Waals surface area contributed by atoms with E-state index in [0.717, 1.165) is 55.7 Å². The highest BCUT2D eigenvalue weighted by molar-refractivity contribution is 5.83. The van der Waals surface area contributed by atoms with Crippen molar-refractivity contribution < 1.29 is 4.79 Å². The van der Waals surface area contributed by atoms with Gasteiger partial charge in [-0.05, 0) is 80.6 Å². The predicted octanol–water partition coefficient (Wildman–Crippen LogP) is 4.49. The molecule has 1 aliphatic heterocycles. The minimum atomic E-state index is -0.435. The molecule has 1 amide bonds. The van der Waals surface area contributed by atoms with Gasteiger partial charge >= 0.3 is 0 Å². The molecule has 1 atom stereocenters. The van der Waals surface area contributed by atoms with Crippen LogP contribution in [0.5, 0.6) is 0 Å². The Hall–Kier alpha value is -3.05. The Kier molecular flexibility index (Phi) is 6.96. The molecular weight excluding hydrogens is 396 g/mol. The second-order valence-electron chi connectivity index (χ2n) is 9.15. The molecule has 4 rings (SSSR count).